The number of carbonyl (C=O) groups is 2. The Hall–Kier alpha value is -2.54. The molecular weight excluding hydrogens is 336 g/mol. The van der Waals surface area contributed by atoms with Crippen LogP contribution >= 0.6 is 0 Å². The molecule has 2 amide bonds. The van der Waals surface area contributed by atoms with E-state index in [0.29, 0.717) is 5.75 Å². The Morgan fingerprint density at radius 2 is 1.69 bits per heavy atom. The highest BCUT2D eigenvalue weighted by Gasteiger charge is 2.41. The highest BCUT2D eigenvalue weighted by Crippen LogP contribution is 2.33. The molecule has 7 heteroatoms. The minimum Gasteiger partial charge on any atom is -0.497 e. The molecule has 2 rings (SSSR count). The summed E-state index contributed by atoms with van der Waals surface area (Å²) in [6, 6.07) is 6.12. The summed E-state index contributed by atoms with van der Waals surface area (Å²) in [6.45, 7) is 5.36. The van der Waals surface area contributed by atoms with Gasteiger partial charge in [-0.1, -0.05) is 24.3 Å². The number of hydrogen-bond donors (Lipinski definition) is 0. The average Bonchev–Trinajstić information content (AvgIpc) is 3.04. The second-order valence-electron chi connectivity index (χ2n) is 6.95. The predicted molar refractivity (Wildman–Crippen MR) is 96.5 cm³/mol. The number of likely N-dealkylation sites (N-methyl/N-ethyl adjacent to an activating group) is 1. The van der Waals surface area contributed by atoms with Crippen molar-refractivity contribution in [2.24, 2.45) is 0 Å². The van der Waals surface area contributed by atoms with Gasteiger partial charge in [0.1, 0.15) is 17.4 Å². The molecule has 26 heavy (non-hydrogen) atoms. The Morgan fingerprint density at radius 1 is 1.08 bits per heavy atom. The lowest BCUT2D eigenvalue weighted by molar-refractivity contribution is -0.172. The Labute approximate surface area is 154 Å². The first kappa shape index (κ1) is 19.8. The van der Waals surface area contributed by atoms with Gasteiger partial charge in [0.25, 0.3) is 5.91 Å². The van der Waals surface area contributed by atoms with E-state index < -0.39 is 23.8 Å². The summed E-state index contributed by atoms with van der Waals surface area (Å²) >= 11 is 0. The lowest BCUT2D eigenvalue weighted by atomic mass is 10.1. The van der Waals surface area contributed by atoms with Crippen molar-refractivity contribution >= 4 is 12.0 Å². The summed E-state index contributed by atoms with van der Waals surface area (Å²) < 4.78 is 10.7. The minimum atomic E-state index is -0.804. The first-order valence-corrected chi connectivity index (χ1v) is 8.33. The maximum Gasteiger partial charge on any atom is 0.412 e. The lowest BCUT2D eigenvalue weighted by Crippen LogP contribution is -2.48. The van der Waals surface area contributed by atoms with Crippen LogP contribution in [0.4, 0.5) is 4.79 Å². The second kappa shape index (κ2) is 7.78. The minimum absolute atomic E-state index is 0.356. The van der Waals surface area contributed by atoms with Crippen molar-refractivity contribution in [3.05, 3.63) is 42.0 Å². The normalized spacial score (nSPS) is 19.4. The van der Waals surface area contributed by atoms with Gasteiger partial charge in [-0.2, -0.15) is 0 Å². The molecule has 0 fully saturated rings. The second-order valence-corrected chi connectivity index (χ2v) is 6.95. The highest BCUT2D eigenvalue weighted by atomic mass is 16.7. The molecule has 0 saturated carbocycles. The molecule has 0 aliphatic carbocycles. The van der Waals surface area contributed by atoms with Crippen LogP contribution in [0.15, 0.2) is 36.4 Å². The number of rotatable bonds is 4. The maximum absolute atomic E-state index is 12.8. The van der Waals surface area contributed by atoms with Gasteiger partial charge in [0.15, 0.2) is 0 Å². The smallest absolute Gasteiger partial charge is 0.412 e. The van der Waals surface area contributed by atoms with Gasteiger partial charge in [0.05, 0.1) is 20.3 Å². The van der Waals surface area contributed by atoms with Crippen molar-refractivity contribution in [3.63, 3.8) is 0 Å². The Morgan fingerprint density at radius 3 is 2.19 bits per heavy atom. The third-order valence-electron chi connectivity index (χ3n) is 3.97. The van der Waals surface area contributed by atoms with Crippen LogP contribution < -0.4 is 4.74 Å². The van der Waals surface area contributed by atoms with Crippen LogP contribution in [0.1, 0.15) is 32.4 Å². The van der Waals surface area contributed by atoms with E-state index in [1.807, 2.05) is 30.3 Å². The molecule has 1 aromatic rings. The molecule has 0 spiro atoms. The summed E-state index contributed by atoms with van der Waals surface area (Å²) in [4.78, 5) is 31.8. The zero-order valence-corrected chi connectivity index (χ0v) is 16.1. The molecule has 7 nitrogen and oxygen atoms in total. The van der Waals surface area contributed by atoms with E-state index in [4.69, 9.17) is 14.3 Å². The van der Waals surface area contributed by atoms with Crippen molar-refractivity contribution in [1.29, 1.82) is 0 Å². The number of amides is 2. The monoisotopic (exact) mass is 362 g/mol. The number of hydroxylamine groups is 2. The SMILES string of the molecule is COc1ccc(C2C=C[C@@H](C(=O)N(C)OC)N2C(=O)OC(C)(C)C)cc1. The topological polar surface area (TPSA) is 68.3 Å². The van der Waals surface area contributed by atoms with E-state index in [2.05, 4.69) is 0 Å². The van der Waals surface area contributed by atoms with Crippen LogP contribution in [-0.4, -0.2) is 54.9 Å². The summed E-state index contributed by atoms with van der Waals surface area (Å²) in [5.41, 5.74) is 0.175. The molecule has 0 N–H and O–H groups in total. The molecule has 0 saturated heterocycles. The molecule has 0 aromatic heterocycles. The van der Waals surface area contributed by atoms with E-state index in [1.165, 1.54) is 19.1 Å². The van der Waals surface area contributed by atoms with Crippen molar-refractivity contribution in [3.8, 4) is 5.75 Å². The fourth-order valence-corrected chi connectivity index (χ4v) is 2.66. The van der Waals surface area contributed by atoms with Crippen LogP contribution in [-0.2, 0) is 14.4 Å². The summed E-state index contributed by atoms with van der Waals surface area (Å²) in [6.07, 6.45) is 2.94. The van der Waals surface area contributed by atoms with E-state index in [0.717, 1.165) is 10.6 Å². The Bertz CT molecular complexity index is 678. The zero-order chi connectivity index (χ0) is 19.5. The van der Waals surface area contributed by atoms with Crippen LogP contribution in [0.2, 0.25) is 0 Å². The quantitative estimate of drug-likeness (QED) is 0.608. The average molecular weight is 362 g/mol. The number of nitrogens with zero attached hydrogens (tertiary/aromatic N) is 2. The first-order valence-electron chi connectivity index (χ1n) is 8.33. The van der Waals surface area contributed by atoms with Gasteiger partial charge in [0.2, 0.25) is 0 Å². The summed E-state index contributed by atoms with van der Waals surface area (Å²) in [5.74, 6) is 0.358. The van der Waals surface area contributed by atoms with Gasteiger partial charge < -0.3 is 9.47 Å². The Balaban J connectivity index is 2.35. The Kier molecular flexibility index (Phi) is 5.92. The number of carbonyl (C=O) groups excluding carboxylic acids is 2. The first-order chi connectivity index (χ1) is 12.2. The van der Waals surface area contributed by atoms with Gasteiger partial charge in [-0.3, -0.25) is 14.5 Å². The molecule has 1 heterocycles. The van der Waals surface area contributed by atoms with Crippen LogP contribution in [0, 0.1) is 0 Å². The number of benzene rings is 1. The number of hydrogen-bond acceptors (Lipinski definition) is 5. The molecule has 1 unspecified atom stereocenters. The van der Waals surface area contributed by atoms with Gasteiger partial charge in [-0.05, 0) is 38.5 Å². The van der Waals surface area contributed by atoms with Crippen molar-refractivity contribution < 1.29 is 23.9 Å². The molecule has 2 atom stereocenters. The van der Waals surface area contributed by atoms with Crippen LogP contribution in [0.25, 0.3) is 0 Å². The number of ether oxygens (including phenoxy) is 2. The van der Waals surface area contributed by atoms with E-state index in [1.54, 1.807) is 34.0 Å². The number of methoxy groups -OCH3 is 1. The molecule has 142 valence electrons. The van der Waals surface area contributed by atoms with Gasteiger partial charge in [-0.25, -0.2) is 9.86 Å². The summed E-state index contributed by atoms with van der Waals surface area (Å²) in [7, 11) is 4.49. The lowest BCUT2D eigenvalue weighted by Gasteiger charge is -2.33. The predicted octanol–water partition coefficient (Wildman–Crippen LogP) is 2.93. The molecule has 1 aliphatic heterocycles. The van der Waals surface area contributed by atoms with Gasteiger partial charge >= 0.3 is 6.09 Å². The van der Waals surface area contributed by atoms with Crippen LogP contribution in [0.3, 0.4) is 0 Å². The maximum atomic E-state index is 12.8. The van der Waals surface area contributed by atoms with E-state index >= 15 is 0 Å². The molecular formula is C19H26N2O5. The molecule has 0 radical (unpaired) electrons. The molecule has 0 bridgehead atoms. The van der Waals surface area contributed by atoms with Crippen LogP contribution in [0.5, 0.6) is 5.75 Å². The fraction of sp³-hybridized carbons (Fsp3) is 0.474. The highest BCUT2D eigenvalue weighted by molar-refractivity contribution is 5.88. The van der Waals surface area contributed by atoms with E-state index in [-0.39, 0.29) is 5.91 Å². The van der Waals surface area contributed by atoms with E-state index in [9.17, 15) is 9.59 Å². The van der Waals surface area contributed by atoms with Gasteiger partial charge in [-0.15, -0.1) is 0 Å². The third kappa shape index (κ3) is 4.35. The van der Waals surface area contributed by atoms with Crippen molar-refractivity contribution in [2.45, 2.75) is 38.5 Å². The zero-order valence-electron chi connectivity index (χ0n) is 16.1. The fourth-order valence-electron chi connectivity index (χ4n) is 2.66. The van der Waals surface area contributed by atoms with Gasteiger partial charge in [0, 0.05) is 7.05 Å². The van der Waals surface area contributed by atoms with Crippen molar-refractivity contribution in [2.75, 3.05) is 21.3 Å². The largest absolute Gasteiger partial charge is 0.497 e. The third-order valence-corrected chi connectivity index (χ3v) is 3.97. The standard InChI is InChI=1S/C19H26N2O5/c1-19(2,3)26-18(23)21-15(13-7-9-14(24-5)10-8-13)11-12-16(21)17(22)20(4)25-6/h7-12,15-16H,1-6H3/t15?,16-/m0/s1. The van der Waals surface area contributed by atoms with Crippen molar-refractivity contribution in [1.82, 2.24) is 9.96 Å². The molecule has 1 aromatic carbocycles. The summed E-state index contributed by atoms with van der Waals surface area (Å²) in [5, 5.41) is 1.10. The molecule has 1 aliphatic rings.